The molecule has 16 amide bonds. The van der Waals surface area contributed by atoms with Crippen LogP contribution in [0.15, 0.2) is 30.3 Å². The van der Waals surface area contributed by atoms with Gasteiger partial charge in [0, 0.05) is 65.3 Å². The lowest BCUT2D eigenvalue weighted by atomic mass is 9.97. The number of carboxylic acid groups (broad SMARTS) is 3. The number of esters is 2. The number of hydroxylamine groups is 2. The monoisotopic (exact) mass is 1830 g/mol. The zero-order valence-electron chi connectivity index (χ0n) is 71.8. The minimum Gasteiger partial charge on any atom is -0.481 e. The number of guanidine groups is 3. The second kappa shape index (κ2) is 57.2. The van der Waals surface area contributed by atoms with E-state index in [1.807, 2.05) is 0 Å². The second-order valence-corrected chi connectivity index (χ2v) is 29.9. The number of imide groups is 1. The summed E-state index contributed by atoms with van der Waals surface area (Å²) >= 11 is 0. The number of nitrogens with zero attached hydrogens (tertiary/aromatic N) is 2. The molecule has 0 aliphatic carbocycles. The number of carboxylic acids is 3. The summed E-state index contributed by atoms with van der Waals surface area (Å²) in [6.45, 7) is 3.85. The Morgan fingerprint density at radius 2 is 0.899 bits per heavy atom. The molecule has 2 fully saturated rings. The number of nitrogens with one attached hydrogen (secondary N) is 18. The molecule has 52 nitrogen and oxygen atoms in total. The predicted molar refractivity (Wildman–Crippen MR) is 446 cm³/mol. The number of ether oxygens (including phenoxy) is 2. The average Bonchev–Trinajstić information content (AvgIpc) is 1.76. The maximum atomic E-state index is 14.9. The molecule has 0 bridgehead atoms. The molecule has 2 saturated heterocycles. The summed E-state index contributed by atoms with van der Waals surface area (Å²) in [6.07, 6.45) is -5.89. The number of hydrogen-bond acceptors (Lipinski definition) is 28. The molecule has 0 aromatic heterocycles. The zero-order valence-corrected chi connectivity index (χ0v) is 71.8. The van der Waals surface area contributed by atoms with Crippen molar-refractivity contribution < 1.29 is 135 Å². The molecular weight excluding hydrogens is 1710 g/mol. The summed E-state index contributed by atoms with van der Waals surface area (Å²) in [4.78, 5) is 294. The molecule has 1 aromatic carbocycles. The lowest BCUT2D eigenvalue weighted by Crippen LogP contribution is -2.60. The van der Waals surface area contributed by atoms with Gasteiger partial charge in [0.05, 0.1) is 45.1 Å². The quantitative estimate of drug-likeness (QED) is 0.00947. The van der Waals surface area contributed by atoms with Crippen LogP contribution >= 0.6 is 0 Å². The predicted octanol–water partition coefficient (Wildman–Crippen LogP) is -8.49. The molecule has 0 radical (unpaired) electrons. The Morgan fingerprint density at radius 1 is 0.465 bits per heavy atom. The third-order valence-corrected chi connectivity index (χ3v) is 19.5. The Labute approximate surface area is 739 Å². The fourth-order valence-corrected chi connectivity index (χ4v) is 12.6. The highest BCUT2D eigenvalue weighted by atomic mass is 16.7. The zero-order chi connectivity index (χ0) is 96.6. The van der Waals surface area contributed by atoms with Crippen LogP contribution in [0.1, 0.15) is 168 Å². The number of rotatable bonds is 60. The summed E-state index contributed by atoms with van der Waals surface area (Å²) in [6, 6.07) is -10.2. The van der Waals surface area contributed by atoms with Crippen LogP contribution in [0.3, 0.4) is 0 Å². The van der Waals surface area contributed by atoms with Gasteiger partial charge in [-0.25, -0.2) is 4.79 Å². The summed E-state index contributed by atoms with van der Waals surface area (Å²) in [5, 5.41) is 89.0. The van der Waals surface area contributed by atoms with E-state index in [0.29, 0.717) is 17.0 Å². The summed E-state index contributed by atoms with van der Waals surface area (Å²) in [5.41, 5.74) is 22.2. The Balaban J connectivity index is 1.74. The number of amides is 16. The highest BCUT2D eigenvalue weighted by molar-refractivity contribution is 6.03. The van der Waals surface area contributed by atoms with E-state index in [-0.39, 0.29) is 135 Å². The molecule has 52 heteroatoms. The van der Waals surface area contributed by atoms with Crippen LogP contribution in [-0.4, -0.2) is 292 Å². The van der Waals surface area contributed by atoms with Crippen molar-refractivity contribution in [2.24, 2.45) is 28.9 Å². The van der Waals surface area contributed by atoms with E-state index in [1.54, 1.807) is 44.2 Å². The SMILES string of the molecule is CCC(C)[C@@H](NC(=O)[C@H](CCCNC(=N)N)NC(C)=O)C(=O)N[C@@H](C)C(=O)N[C@@H](CCCNC(=N)N)C(=O)NCC(=O)N[C@@H](CC(=O)O)C(=O)N[C@@H](Cc1ccccc1)C(=O)N1CCC[C@H]1C(=O)N[C@@H](CC(=O)O)C(=O)N[C@@H](CC(=O)O)C(=O)N[C@@H](CCCNC(=N)N)C(=O)N[C@@H](CCCCNC(=O)CCC(=O)OCCOC(=O)CCC(=O)ON1C(=O)CCC1=O)C(N)=O. The van der Waals surface area contributed by atoms with E-state index < -0.39 is 273 Å². The van der Waals surface area contributed by atoms with Crippen molar-refractivity contribution in [3.05, 3.63) is 35.9 Å². The van der Waals surface area contributed by atoms with Gasteiger partial charge in [-0.1, -0.05) is 50.6 Å². The van der Waals surface area contributed by atoms with Crippen molar-refractivity contribution in [1.82, 2.24) is 89.7 Å². The highest BCUT2D eigenvalue weighted by Gasteiger charge is 2.42. The second-order valence-electron chi connectivity index (χ2n) is 29.9. The van der Waals surface area contributed by atoms with Gasteiger partial charge in [-0.05, 0) is 89.0 Å². The van der Waals surface area contributed by atoms with Crippen molar-refractivity contribution in [3.63, 3.8) is 0 Å². The number of carbonyl (C=O) groups excluding carboxylic acids is 19. The van der Waals surface area contributed by atoms with Crippen LogP contribution in [0.2, 0.25) is 0 Å². The summed E-state index contributed by atoms with van der Waals surface area (Å²) < 4.78 is 9.81. The number of benzene rings is 1. The van der Waals surface area contributed by atoms with Gasteiger partial charge in [0.15, 0.2) is 17.9 Å². The van der Waals surface area contributed by atoms with Gasteiger partial charge in [-0.15, -0.1) is 5.06 Å². The van der Waals surface area contributed by atoms with Crippen molar-refractivity contribution in [1.29, 1.82) is 16.2 Å². The van der Waals surface area contributed by atoms with Crippen LogP contribution < -0.4 is 103 Å². The average molecular weight is 1830 g/mol. The Bertz CT molecular complexity index is 4180. The molecule has 0 spiro atoms. The fourth-order valence-electron chi connectivity index (χ4n) is 12.6. The largest absolute Gasteiger partial charge is 0.481 e. The number of primary amides is 1. The van der Waals surface area contributed by atoms with E-state index in [4.69, 9.17) is 48.6 Å². The third kappa shape index (κ3) is 42.9. The number of unbranched alkanes of at least 4 members (excludes halogenated alkanes) is 1. The summed E-state index contributed by atoms with van der Waals surface area (Å²) in [5.74, 6) is -25.5. The molecule has 1 aromatic rings. The van der Waals surface area contributed by atoms with Crippen molar-refractivity contribution in [2.45, 2.75) is 235 Å². The Kier molecular flexibility index (Phi) is 48.3. The Hall–Kier alpha value is -14.4. The Morgan fingerprint density at radius 3 is 1.40 bits per heavy atom. The molecule has 2 aliphatic heterocycles. The van der Waals surface area contributed by atoms with Gasteiger partial charge in [-0.2, -0.15) is 0 Å². The molecule has 2 heterocycles. The molecule has 129 heavy (non-hydrogen) atoms. The van der Waals surface area contributed by atoms with E-state index in [2.05, 4.69) is 84.6 Å². The van der Waals surface area contributed by atoms with Gasteiger partial charge in [0.2, 0.25) is 82.7 Å². The van der Waals surface area contributed by atoms with E-state index in [1.165, 1.54) is 13.8 Å². The first-order valence-corrected chi connectivity index (χ1v) is 41.3. The molecular formula is C77H118N24O28. The number of likely N-dealkylation sites (tertiary alicyclic amines) is 1. The van der Waals surface area contributed by atoms with Crippen molar-refractivity contribution in [3.8, 4) is 0 Å². The summed E-state index contributed by atoms with van der Waals surface area (Å²) in [7, 11) is 0. The van der Waals surface area contributed by atoms with E-state index in [0.717, 1.165) is 4.90 Å². The first-order chi connectivity index (χ1) is 60.9. The molecule has 29 N–H and O–H groups in total. The van der Waals surface area contributed by atoms with Crippen LogP contribution in [-0.2, 0) is 126 Å². The van der Waals surface area contributed by atoms with E-state index >= 15 is 0 Å². The van der Waals surface area contributed by atoms with Gasteiger partial charge >= 0.3 is 35.8 Å². The molecule has 0 saturated carbocycles. The molecule has 1 unspecified atom stereocenters. The smallest absolute Gasteiger partial charge is 0.333 e. The first kappa shape index (κ1) is 109. The minimum atomic E-state index is -2.16. The topological polar surface area (TPSA) is 826 Å². The maximum absolute atomic E-state index is 14.9. The van der Waals surface area contributed by atoms with Crippen molar-refractivity contribution in [2.75, 3.05) is 52.5 Å². The van der Waals surface area contributed by atoms with Crippen LogP contribution in [0.5, 0.6) is 0 Å². The highest BCUT2D eigenvalue weighted by Crippen LogP contribution is 2.22. The van der Waals surface area contributed by atoms with Crippen molar-refractivity contribution >= 4 is 148 Å². The third-order valence-electron chi connectivity index (χ3n) is 19.5. The van der Waals surface area contributed by atoms with Gasteiger partial charge in [0.25, 0.3) is 11.8 Å². The fraction of sp³-hybridized carbons (Fsp3) is 0.597. The van der Waals surface area contributed by atoms with Crippen LogP contribution in [0, 0.1) is 22.1 Å². The molecule has 3 rings (SSSR count). The number of nitrogens with two attached hydrogens (primary N) is 4. The molecule has 12 atom stereocenters. The van der Waals surface area contributed by atoms with Gasteiger partial charge in [0.1, 0.15) is 79.7 Å². The molecule has 2 aliphatic rings. The normalized spacial score (nSPS) is 15.2. The van der Waals surface area contributed by atoms with Gasteiger partial charge in [-0.3, -0.25) is 117 Å². The minimum absolute atomic E-state index is 0.00511. The maximum Gasteiger partial charge on any atom is 0.333 e. The number of carbonyl (C=O) groups is 22. The lowest BCUT2D eigenvalue weighted by Gasteiger charge is -2.31. The molecule has 714 valence electrons. The van der Waals surface area contributed by atoms with Gasteiger partial charge < -0.3 is 137 Å². The lowest BCUT2D eigenvalue weighted by molar-refractivity contribution is -0.197. The van der Waals surface area contributed by atoms with Crippen LogP contribution in [0.25, 0.3) is 0 Å². The van der Waals surface area contributed by atoms with Crippen LogP contribution in [0.4, 0.5) is 0 Å². The standard InChI is InChI=1S/C77H118N24O28/c1-5-40(2)63(99-68(120)46(91-42(4)102)19-12-30-87-76(81)82)73(125)90-41(3)65(117)94-45(18-11-29-86-75(79)80)66(118)89-39-54(104)92-48(36-57(107)108)69(121)98-51(35-43-15-7-6-8-16-43)74(126)100-32-14-21-52(100)72(124)97-50(38-59(111)112)71(123)96-49(37-58(109)110)70(122)95-47(20-13-31-88-77(83)84)67(119)93-44(64(78)116)17-9-10-28-85-53(103)22-25-60(113)127-33-34-128-61(114)26-27-62(115)129-101-55(105)23-24-56(101)106/h6-8,15-16,40-41,44-52,63H,5,9-14,17-39H2,1-4H3,(H2,78,116)(H,85,103)(H,89,118)(H,90,125)(H,91,102)(H,92,104)(H,93,119)(H,94,117)(H,95,122)(H,96,123)(H,97,124)(H,98,121)(H,99,120)(H,107,108)(H,109,110)(H,111,112)(H4,79,80,86)(H4,81,82,87)(H4,83,84,88)/t40?,41-,44-,45-,46-,47-,48-,49-,50-,51-,52-,63+/m0/s1. The number of aliphatic carboxylic acids is 3. The number of hydrogen-bond donors (Lipinski definition) is 25. The van der Waals surface area contributed by atoms with E-state index in [9.17, 15) is 121 Å². The first-order valence-electron chi connectivity index (χ1n) is 41.3.